The van der Waals surface area contributed by atoms with Crippen LogP contribution in [0.1, 0.15) is 22.8 Å². The summed E-state index contributed by atoms with van der Waals surface area (Å²) in [5.74, 6) is -0.844. The number of hydrogen-bond acceptors (Lipinski definition) is 3. The van der Waals surface area contributed by atoms with Gasteiger partial charge in [0, 0.05) is 32.2 Å². The van der Waals surface area contributed by atoms with Crippen LogP contribution in [-0.2, 0) is 6.54 Å². The predicted molar refractivity (Wildman–Crippen MR) is 66.1 cm³/mol. The molecule has 1 aromatic rings. The zero-order chi connectivity index (χ0) is 12.3. The van der Waals surface area contributed by atoms with E-state index in [1.165, 1.54) is 0 Å². The topological polar surface area (TPSA) is 52.6 Å². The molecular formula is C13H18N2O2. The van der Waals surface area contributed by atoms with Crippen LogP contribution in [0.5, 0.6) is 0 Å². The molecule has 1 fully saturated rings. The molecule has 2 N–H and O–H groups in total. The van der Waals surface area contributed by atoms with Crippen molar-refractivity contribution in [2.45, 2.75) is 19.5 Å². The number of carbonyl (C=O) groups is 1. The van der Waals surface area contributed by atoms with E-state index in [0.717, 1.165) is 25.2 Å². The predicted octanol–water partition coefficient (Wildman–Crippen LogP) is 1.18. The number of rotatable bonds is 3. The van der Waals surface area contributed by atoms with Crippen LogP contribution in [0.3, 0.4) is 0 Å². The molecule has 1 aliphatic heterocycles. The Morgan fingerprint density at radius 3 is 3.00 bits per heavy atom. The highest BCUT2D eigenvalue weighted by atomic mass is 16.4. The van der Waals surface area contributed by atoms with Gasteiger partial charge in [-0.05, 0) is 18.6 Å². The molecule has 4 nitrogen and oxygen atoms in total. The first-order valence-corrected chi connectivity index (χ1v) is 5.94. The molecule has 0 aliphatic carbocycles. The minimum absolute atomic E-state index is 0.415. The van der Waals surface area contributed by atoms with Gasteiger partial charge < -0.3 is 10.4 Å². The summed E-state index contributed by atoms with van der Waals surface area (Å²) in [6.45, 7) is 5.77. The number of carboxylic acid groups (broad SMARTS) is 1. The minimum Gasteiger partial charge on any atom is -0.478 e. The second-order valence-corrected chi connectivity index (χ2v) is 4.55. The summed E-state index contributed by atoms with van der Waals surface area (Å²) in [6, 6.07) is 7.71. The monoisotopic (exact) mass is 234 g/mol. The summed E-state index contributed by atoms with van der Waals surface area (Å²) in [7, 11) is 0. The second-order valence-electron chi connectivity index (χ2n) is 4.55. The molecule has 92 valence electrons. The lowest BCUT2D eigenvalue weighted by atomic mass is 10.1. The van der Waals surface area contributed by atoms with Crippen molar-refractivity contribution in [3.63, 3.8) is 0 Å². The first-order valence-electron chi connectivity index (χ1n) is 5.94. The number of carboxylic acids is 1. The lowest BCUT2D eigenvalue weighted by Crippen LogP contribution is -2.48. The number of benzene rings is 1. The van der Waals surface area contributed by atoms with Crippen LogP contribution < -0.4 is 5.32 Å². The number of nitrogens with zero attached hydrogens (tertiary/aromatic N) is 1. The van der Waals surface area contributed by atoms with Gasteiger partial charge in [0.1, 0.15) is 0 Å². The highest BCUT2D eigenvalue weighted by Gasteiger charge is 2.17. The van der Waals surface area contributed by atoms with Crippen LogP contribution in [0.4, 0.5) is 0 Å². The Morgan fingerprint density at radius 2 is 2.29 bits per heavy atom. The van der Waals surface area contributed by atoms with E-state index in [4.69, 9.17) is 5.11 Å². The Kier molecular flexibility index (Phi) is 3.76. The van der Waals surface area contributed by atoms with Gasteiger partial charge in [0.05, 0.1) is 5.56 Å². The van der Waals surface area contributed by atoms with Gasteiger partial charge in [-0.2, -0.15) is 0 Å². The Bertz CT molecular complexity index is 406. The van der Waals surface area contributed by atoms with E-state index >= 15 is 0 Å². The summed E-state index contributed by atoms with van der Waals surface area (Å²) in [4.78, 5) is 13.4. The molecule has 2 rings (SSSR count). The quantitative estimate of drug-likeness (QED) is 0.824. The normalized spacial score (nSPS) is 21.4. The fourth-order valence-electron chi connectivity index (χ4n) is 2.26. The van der Waals surface area contributed by atoms with Crippen molar-refractivity contribution in [1.29, 1.82) is 0 Å². The molecule has 4 heteroatoms. The van der Waals surface area contributed by atoms with Crippen molar-refractivity contribution in [3.8, 4) is 0 Å². The molecule has 1 atom stereocenters. The van der Waals surface area contributed by atoms with E-state index in [1.807, 2.05) is 12.1 Å². The average Bonchev–Trinajstić information content (AvgIpc) is 2.29. The fourth-order valence-corrected chi connectivity index (χ4v) is 2.26. The summed E-state index contributed by atoms with van der Waals surface area (Å²) in [5.41, 5.74) is 1.31. The molecule has 0 spiro atoms. The largest absolute Gasteiger partial charge is 0.478 e. The van der Waals surface area contributed by atoms with E-state index in [9.17, 15) is 4.79 Å². The van der Waals surface area contributed by atoms with Crippen molar-refractivity contribution >= 4 is 5.97 Å². The van der Waals surface area contributed by atoms with Gasteiger partial charge in [0.2, 0.25) is 0 Å². The van der Waals surface area contributed by atoms with E-state index in [1.54, 1.807) is 12.1 Å². The average molecular weight is 234 g/mol. The van der Waals surface area contributed by atoms with Gasteiger partial charge in [-0.1, -0.05) is 18.2 Å². The first kappa shape index (κ1) is 12.1. The molecule has 0 radical (unpaired) electrons. The van der Waals surface area contributed by atoms with Gasteiger partial charge in [-0.3, -0.25) is 4.90 Å². The third-order valence-corrected chi connectivity index (χ3v) is 3.09. The van der Waals surface area contributed by atoms with E-state index in [-0.39, 0.29) is 0 Å². The molecule has 1 aromatic carbocycles. The van der Waals surface area contributed by atoms with Crippen LogP contribution in [0, 0.1) is 0 Å². The third-order valence-electron chi connectivity index (χ3n) is 3.09. The number of piperazine rings is 1. The summed E-state index contributed by atoms with van der Waals surface area (Å²) in [6.07, 6.45) is 0. The molecule has 0 aromatic heterocycles. The highest BCUT2D eigenvalue weighted by molar-refractivity contribution is 5.89. The fraction of sp³-hybridized carbons (Fsp3) is 0.462. The highest BCUT2D eigenvalue weighted by Crippen LogP contribution is 2.13. The Hall–Kier alpha value is -1.39. The van der Waals surface area contributed by atoms with E-state index in [0.29, 0.717) is 18.2 Å². The number of nitrogens with one attached hydrogen (secondary N) is 1. The number of hydrogen-bond donors (Lipinski definition) is 2. The zero-order valence-electron chi connectivity index (χ0n) is 10.0. The zero-order valence-corrected chi connectivity index (χ0v) is 10.0. The van der Waals surface area contributed by atoms with Crippen molar-refractivity contribution in [2.24, 2.45) is 0 Å². The minimum atomic E-state index is -0.844. The maximum atomic E-state index is 11.1. The van der Waals surface area contributed by atoms with Crippen LogP contribution >= 0.6 is 0 Å². The molecule has 0 saturated carbocycles. The molecular weight excluding hydrogens is 216 g/mol. The smallest absolute Gasteiger partial charge is 0.336 e. The van der Waals surface area contributed by atoms with E-state index in [2.05, 4.69) is 17.1 Å². The summed E-state index contributed by atoms with van der Waals surface area (Å²) < 4.78 is 0. The first-order chi connectivity index (χ1) is 8.16. The van der Waals surface area contributed by atoms with Gasteiger partial charge in [-0.25, -0.2) is 4.79 Å². The third kappa shape index (κ3) is 3.05. The molecule has 1 aliphatic rings. The van der Waals surface area contributed by atoms with Crippen LogP contribution in [0.2, 0.25) is 0 Å². The second kappa shape index (κ2) is 5.29. The van der Waals surface area contributed by atoms with Crippen molar-refractivity contribution in [3.05, 3.63) is 35.4 Å². The van der Waals surface area contributed by atoms with Crippen LogP contribution in [0.25, 0.3) is 0 Å². The Balaban J connectivity index is 2.10. The van der Waals surface area contributed by atoms with Crippen molar-refractivity contribution < 1.29 is 9.90 Å². The van der Waals surface area contributed by atoms with Gasteiger partial charge >= 0.3 is 5.97 Å². The molecule has 0 amide bonds. The maximum absolute atomic E-state index is 11.1. The Labute approximate surface area is 101 Å². The van der Waals surface area contributed by atoms with Crippen molar-refractivity contribution in [1.82, 2.24) is 10.2 Å². The van der Waals surface area contributed by atoms with Crippen LogP contribution in [0.15, 0.2) is 24.3 Å². The molecule has 0 unspecified atom stereocenters. The molecule has 0 bridgehead atoms. The maximum Gasteiger partial charge on any atom is 0.336 e. The lowest BCUT2D eigenvalue weighted by Gasteiger charge is -2.32. The molecule has 1 saturated heterocycles. The lowest BCUT2D eigenvalue weighted by molar-refractivity contribution is 0.0694. The van der Waals surface area contributed by atoms with Gasteiger partial charge in [-0.15, -0.1) is 0 Å². The number of aromatic carboxylic acids is 1. The Morgan fingerprint density at radius 1 is 1.53 bits per heavy atom. The standard InChI is InChI=1S/C13H18N2O2/c1-10-8-15(7-6-14-10)9-11-4-2-3-5-12(11)13(16)17/h2-5,10,14H,6-9H2,1H3,(H,16,17)/t10-/m1/s1. The summed E-state index contributed by atoms with van der Waals surface area (Å²) in [5, 5.41) is 12.5. The SMILES string of the molecule is C[C@@H]1CN(Cc2ccccc2C(=O)O)CCN1. The van der Waals surface area contributed by atoms with E-state index < -0.39 is 5.97 Å². The molecule has 17 heavy (non-hydrogen) atoms. The van der Waals surface area contributed by atoms with Crippen LogP contribution in [-0.4, -0.2) is 41.7 Å². The van der Waals surface area contributed by atoms with Crippen molar-refractivity contribution in [2.75, 3.05) is 19.6 Å². The summed E-state index contributed by atoms with van der Waals surface area (Å²) >= 11 is 0. The molecule has 1 heterocycles. The van der Waals surface area contributed by atoms with Gasteiger partial charge in [0.25, 0.3) is 0 Å². The van der Waals surface area contributed by atoms with Gasteiger partial charge in [0.15, 0.2) is 0 Å².